The summed E-state index contributed by atoms with van der Waals surface area (Å²) in [5.74, 6) is -1.19. The van der Waals surface area contributed by atoms with Crippen LogP contribution in [-0.2, 0) is 16.1 Å². The van der Waals surface area contributed by atoms with E-state index in [1.807, 2.05) is 24.0 Å². The third kappa shape index (κ3) is 5.09. The van der Waals surface area contributed by atoms with Crippen LogP contribution in [0.15, 0.2) is 36.5 Å². The molecule has 3 N–H and O–H groups in total. The van der Waals surface area contributed by atoms with Gasteiger partial charge in [-0.1, -0.05) is 0 Å². The van der Waals surface area contributed by atoms with Crippen molar-refractivity contribution in [2.24, 2.45) is 5.92 Å². The first-order chi connectivity index (χ1) is 17.4. The van der Waals surface area contributed by atoms with E-state index in [0.717, 1.165) is 29.6 Å². The molecule has 1 amide bonds. The van der Waals surface area contributed by atoms with Gasteiger partial charge in [-0.05, 0) is 48.7 Å². The minimum absolute atomic E-state index is 0.0464. The largest absolute Gasteiger partial charge is 0.493 e. The van der Waals surface area contributed by atoms with Crippen LogP contribution in [0.25, 0.3) is 10.9 Å². The van der Waals surface area contributed by atoms with E-state index in [2.05, 4.69) is 20.2 Å². The third-order valence-corrected chi connectivity index (χ3v) is 6.77. The summed E-state index contributed by atoms with van der Waals surface area (Å²) >= 11 is 0. The minimum atomic E-state index is -0.835. The van der Waals surface area contributed by atoms with Crippen molar-refractivity contribution in [3.63, 3.8) is 0 Å². The number of pyridine rings is 2. The van der Waals surface area contributed by atoms with Gasteiger partial charge in [0.05, 0.1) is 30.2 Å². The van der Waals surface area contributed by atoms with E-state index in [-0.39, 0.29) is 11.8 Å². The molecule has 3 aromatic rings. The van der Waals surface area contributed by atoms with Crippen molar-refractivity contribution < 1.29 is 24.5 Å². The molecule has 2 fully saturated rings. The van der Waals surface area contributed by atoms with Gasteiger partial charge in [-0.3, -0.25) is 14.5 Å². The highest BCUT2D eigenvalue weighted by molar-refractivity contribution is 6.08. The number of aliphatic carboxylic acids is 1. The smallest absolute Gasteiger partial charge is 0.308 e. The van der Waals surface area contributed by atoms with E-state index in [1.165, 1.54) is 0 Å². The molecule has 4 heterocycles. The molecular weight excluding hydrogens is 462 g/mol. The summed E-state index contributed by atoms with van der Waals surface area (Å²) in [6, 6.07) is 8.76. The van der Waals surface area contributed by atoms with E-state index in [9.17, 15) is 19.8 Å². The minimum Gasteiger partial charge on any atom is -0.493 e. The number of carboxylic acid groups (broad SMARTS) is 1. The van der Waals surface area contributed by atoms with Crippen molar-refractivity contribution in [2.45, 2.75) is 19.9 Å². The molecular formula is C26H29N5O5. The summed E-state index contributed by atoms with van der Waals surface area (Å²) in [7, 11) is 0. The number of anilines is 2. The molecule has 10 nitrogen and oxygen atoms in total. The maximum Gasteiger partial charge on any atom is 0.308 e. The summed E-state index contributed by atoms with van der Waals surface area (Å²) < 4.78 is 5.43. The highest BCUT2D eigenvalue weighted by Gasteiger charge is 2.31. The summed E-state index contributed by atoms with van der Waals surface area (Å²) in [4.78, 5) is 38.0. The van der Waals surface area contributed by atoms with E-state index >= 15 is 0 Å². The molecule has 0 aliphatic carbocycles. The number of ether oxygens (including phenoxy) is 1. The van der Waals surface area contributed by atoms with Crippen molar-refractivity contribution in [3.05, 3.63) is 53.2 Å². The Balaban J connectivity index is 1.44. The number of nitrogens with zero attached hydrogens (tertiary/aromatic N) is 4. The molecule has 188 valence electrons. The number of aromatic hydroxyl groups is 1. The maximum absolute atomic E-state index is 13.5. The summed E-state index contributed by atoms with van der Waals surface area (Å²) in [5, 5.41) is 23.0. The lowest BCUT2D eigenvalue weighted by Crippen LogP contribution is -2.35. The number of carbonyl (C=O) groups excluding carboxylic acids is 1. The van der Waals surface area contributed by atoms with E-state index in [0.29, 0.717) is 61.9 Å². The standard InChI is InChI=1S/C26H29N5O5/c1-16-10-23(32)29-22-3-2-19(12-20(16)22)28-25(33)21-11-17(14-30-6-8-36-9-7-30)13-27-24(21)31-5-4-18(15-31)26(34)35/h2-3,10-13,18H,4-9,14-15H2,1H3,(H,28,33)(H,29,32)(H,34,35). The zero-order valence-electron chi connectivity index (χ0n) is 20.1. The number of aromatic nitrogens is 2. The number of fused-ring (bicyclic) bond motifs is 1. The van der Waals surface area contributed by atoms with Crippen LogP contribution in [0.1, 0.15) is 27.9 Å². The van der Waals surface area contributed by atoms with Gasteiger partial charge in [0.2, 0.25) is 5.88 Å². The van der Waals surface area contributed by atoms with Crippen LogP contribution < -0.4 is 10.2 Å². The number of hydrogen-bond donors (Lipinski definition) is 3. The van der Waals surface area contributed by atoms with Crippen LogP contribution in [-0.4, -0.2) is 76.4 Å². The van der Waals surface area contributed by atoms with Gasteiger partial charge in [0.15, 0.2) is 0 Å². The monoisotopic (exact) mass is 491 g/mol. The molecule has 2 aliphatic heterocycles. The summed E-state index contributed by atoms with van der Waals surface area (Å²) in [5.41, 5.74) is 3.40. The van der Waals surface area contributed by atoms with Crippen molar-refractivity contribution in [1.29, 1.82) is 0 Å². The third-order valence-electron chi connectivity index (χ3n) is 6.77. The zero-order valence-corrected chi connectivity index (χ0v) is 20.1. The molecule has 1 atom stereocenters. The van der Waals surface area contributed by atoms with E-state index in [1.54, 1.807) is 24.4 Å². The SMILES string of the molecule is Cc1cc(O)nc2ccc(NC(=O)c3cc(CN4CCOCC4)cnc3N3CCC(C(=O)O)C3)cc12. The Labute approximate surface area is 208 Å². The molecule has 10 heteroatoms. The second-order valence-corrected chi connectivity index (χ2v) is 9.36. The first-order valence-corrected chi connectivity index (χ1v) is 12.1. The second-order valence-electron chi connectivity index (χ2n) is 9.36. The summed E-state index contributed by atoms with van der Waals surface area (Å²) in [6.07, 6.45) is 2.28. The molecule has 5 rings (SSSR count). The zero-order chi connectivity index (χ0) is 25.2. The van der Waals surface area contributed by atoms with Crippen LogP contribution in [0, 0.1) is 12.8 Å². The molecule has 0 saturated carbocycles. The van der Waals surface area contributed by atoms with Crippen LogP contribution >= 0.6 is 0 Å². The number of benzene rings is 1. The van der Waals surface area contributed by atoms with Gasteiger partial charge < -0.3 is 25.2 Å². The fraction of sp³-hybridized carbons (Fsp3) is 0.385. The maximum atomic E-state index is 13.5. The number of carbonyl (C=O) groups is 2. The van der Waals surface area contributed by atoms with Gasteiger partial charge in [-0.25, -0.2) is 9.97 Å². The molecule has 0 radical (unpaired) electrons. The van der Waals surface area contributed by atoms with Crippen LogP contribution in [0.5, 0.6) is 5.88 Å². The Morgan fingerprint density at radius 2 is 1.97 bits per heavy atom. The Morgan fingerprint density at radius 3 is 2.72 bits per heavy atom. The first-order valence-electron chi connectivity index (χ1n) is 12.1. The molecule has 36 heavy (non-hydrogen) atoms. The highest BCUT2D eigenvalue weighted by Crippen LogP contribution is 2.29. The lowest BCUT2D eigenvalue weighted by atomic mass is 10.1. The number of amides is 1. The lowest BCUT2D eigenvalue weighted by molar-refractivity contribution is -0.140. The van der Waals surface area contributed by atoms with Gasteiger partial charge in [-0.2, -0.15) is 0 Å². The average Bonchev–Trinajstić information content (AvgIpc) is 3.36. The Bertz CT molecular complexity index is 1310. The predicted molar refractivity (Wildman–Crippen MR) is 134 cm³/mol. The number of rotatable bonds is 6. The number of morpholine rings is 1. The summed E-state index contributed by atoms with van der Waals surface area (Å²) in [6.45, 7) is 6.35. The average molecular weight is 492 g/mol. The van der Waals surface area contributed by atoms with Gasteiger partial charge in [0.1, 0.15) is 5.82 Å². The van der Waals surface area contributed by atoms with E-state index in [4.69, 9.17) is 4.74 Å². The predicted octanol–water partition coefficient (Wildman–Crippen LogP) is 2.64. The second kappa shape index (κ2) is 10.1. The molecule has 1 unspecified atom stereocenters. The number of nitrogens with one attached hydrogen (secondary N) is 1. The lowest BCUT2D eigenvalue weighted by Gasteiger charge is -2.27. The number of carboxylic acids is 1. The fourth-order valence-corrected chi connectivity index (χ4v) is 4.83. The molecule has 1 aromatic carbocycles. The van der Waals surface area contributed by atoms with Crippen molar-refractivity contribution in [2.75, 3.05) is 49.6 Å². The van der Waals surface area contributed by atoms with Crippen molar-refractivity contribution in [3.8, 4) is 5.88 Å². The Morgan fingerprint density at radius 1 is 1.17 bits per heavy atom. The van der Waals surface area contributed by atoms with Crippen LogP contribution in [0.3, 0.4) is 0 Å². The Kier molecular flexibility index (Phi) is 6.71. The Hall–Kier alpha value is -3.76. The van der Waals surface area contributed by atoms with Crippen LogP contribution in [0.2, 0.25) is 0 Å². The molecule has 2 aromatic heterocycles. The molecule has 2 saturated heterocycles. The quantitative estimate of drug-likeness (QED) is 0.477. The molecule has 2 aliphatic rings. The van der Waals surface area contributed by atoms with Gasteiger partial charge in [0, 0.05) is 56.1 Å². The normalized spacial score (nSPS) is 18.5. The molecule has 0 bridgehead atoms. The van der Waals surface area contributed by atoms with Crippen LogP contribution in [0.4, 0.5) is 11.5 Å². The van der Waals surface area contributed by atoms with Crippen molar-refractivity contribution in [1.82, 2.24) is 14.9 Å². The topological polar surface area (TPSA) is 128 Å². The number of hydrogen-bond acceptors (Lipinski definition) is 8. The molecule has 0 spiro atoms. The highest BCUT2D eigenvalue weighted by atomic mass is 16.5. The van der Waals surface area contributed by atoms with Crippen molar-refractivity contribution >= 4 is 34.3 Å². The van der Waals surface area contributed by atoms with Gasteiger partial charge in [-0.15, -0.1) is 0 Å². The van der Waals surface area contributed by atoms with E-state index < -0.39 is 11.9 Å². The first kappa shape index (κ1) is 24.0. The fourth-order valence-electron chi connectivity index (χ4n) is 4.83. The van der Waals surface area contributed by atoms with Gasteiger partial charge >= 0.3 is 5.97 Å². The van der Waals surface area contributed by atoms with Gasteiger partial charge in [0.25, 0.3) is 5.91 Å². The number of aryl methyl sites for hydroxylation is 1.